The maximum Gasteiger partial charge on any atom is 0.353 e. The summed E-state index contributed by atoms with van der Waals surface area (Å²) in [5.41, 5.74) is 0.285. The minimum Gasteiger partial charge on any atom is -0.496 e. The first-order valence-corrected chi connectivity index (χ1v) is 9.72. The van der Waals surface area contributed by atoms with Gasteiger partial charge < -0.3 is 14.2 Å². The highest BCUT2D eigenvalue weighted by Gasteiger charge is 2.35. The second-order valence-electron chi connectivity index (χ2n) is 8.28. The zero-order chi connectivity index (χ0) is 22.0. The molecule has 0 spiro atoms. The predicted octanol–water partition coefficient (Wildman–Crippen LogP) is 4.09. The summed E-state index contributed by atoms with van der Waals surface area (Å²) < 4.78 is 15.5. The summed E-state index contributed by atoms with van der Waals surface area (Å²) in [6, 6.07) is 5.04. The highest BCUT2D eigenvalue weighted by Crippen LogP contribution is 2.34. The first kappa shape index (κ1) is 24.9. The second kappa shape index (κ2) is 11.8. The molecule has 0 radical (unpaired) electrons. The molecular formula is C22H34O7. The van der Waals surface area contributed by atoms with Gasteiger partial charge in [-0.15, -0.1) is 0 Å². The van der Waals surface area contributed by atoms with Crippen molar-refractivity contribution in [1.29, 1.82) is 0 Å². The third kappa shape index (κ3) is 8.03. The molecule has 29 heavy (non-hydrogen) atoms. The quantitative estimate of drug-likeness (QED) is 0.169. The molecule has 7 nitrogen and oxygen atoms in total. The molecule has 0 N–H and O–H groups in total. The molecule has 7 heteroatoms. The first-order valence-electron chi connectivity index (χ1n) is 9.72. The maximum atomic E-state index is 13.4. The van der Waals surface area contributed by atoms with Crippen LogP contribution in [-0.2, 0) is 19.3 Å². The number of hydrogen-bond donors (Lipinski definition) is 0. The van der Waals surface area contributed by atoms with E-state index in [0.29, 0.717) is 17.9 Å². The monoisotopic (exact) mass is 410 g/mol. The van der Waals surface area contributed by atoms with E-state index in [2.05, 4.69) is 20.8 Å². The summed E-state index contributed by atoms with van der Waals surface area (Å²) >= 11 is 0. The molecule has 0 saturated carbocycles. The van der Waals surface area contributed by atoms with Crippen molar-refractivity contribution < 1.29 is 33.6 Å². The zero-order valence-electron chi connectivity index (χ0n) is 18.6. The molecule has 1 aromatic carbocycles. The number of ether oxygens (including phenoxy) is 3. The molecule has 0 bridgehead atoms. The molecule has 2 atom stereocenters. The number of ketones is 1. The SMILES string of the molecule is COCCOOC(=O)C(CC(C)CC(C)(C)C)C(=O)c1c(OC)cccc1OC. The number of methoxy groups -OCH3 is 3. The molecule has 0 heterocycles. The van der Waals surface area contributed by atoms with Gasteiger partial charge in [0.2, 0.25) is 0 Å². The van der Waals surface area contributed by atoms with E-state index >= 15 is 0 Å². The Morgan fingerprint density at radius 3 is 2.07 bits per heavy atom. The minimum atomic E-state index is -1.04. The smallest absolute Gasteiger partial charge is 0.353 e. The Labute approximate surface area is 173 Å². The van der Waals surface area contributed by atoms with Crippen LogP contribution in [0.15, 0.2) is 18.2 Å². The molecule has 2 unspecified atom stereocenters. The van der Waals surface area contributed by atoms with Crippen molar-refractivity contribution in [1.82, 2.24) is 0 Å². The topological polar surface area (TPSA) is 80.3 Å². The van der Waals surface area contributed by atoms with Gasteiger partial charge in [-0.05, 0) is 36.3 Å². The average Bonchev–Trinajstić information content (AvgIpc) is 2.66. The Balaban J connectivity index is 3.15. The molecule has 0 aliphatic heterocycles. The van der Waals surface area contributed by atoms with Crippen molar-refractivity contribution in [2.45, 2.75) is 40.5 Å². The summed E-state index contributed by atoms with van der Waals surface area (Å²) in [4.78, 5) is 35.9. The molecule has 0 aromatic heterocycles. The molecule has 0 aliphatic carbocycles. The zero-order valence-corrected chi connectivity index (χ0v) is 18.6. The minimum absolute atomic E-state index is 0.0635. The number of benzene rings is 1. The van der Waals surface area contributed by atoms with Gasteiger partial charge in [0, 0.05) is 7.11 Å². The Hall–Kier alpha value is -2.12. The number of rotatable bonds is 12. The van der Waals surface area contributed by atoms with Crippen LogP contribution < -0.4 is 9.47 Å². The van der Waals surface area contributed by atoms with E-state index < -0.39 is 17.7 Å². The van der Waals surface area contributed by atoms with E-state index in [9.17, 15) is 9.59 Å². The molecule has 1 rings (SSSR count). The Kier molecular flexibility index (Phi) is 10.1. The third-order valence-corrected chi connectivity index (χ3v) is 4.39. The van der Waals surface area contributed by atoms with Crippen molar-refractivity contribution >= 4 is 11.8 Å². The number of carbonyl (C=O) groups is 2. The summed E-state index contributed by atoms with van der Waals surface area (Å²) in [6.45, 7) is 8.73. The lowest BCUT2D eigenvalue weighted by Crippen LogP contribution is -2.30. The Morgan fingerprint density at radius 2 is 1.59 bits per heavy atom. The maximum absolute atomic E-state index is 13.4. The van der Waals surface area contributed by atoms with Crippen LogP contribution in [0.4, 0.5) is 0 Å². The number of Topliss-reactive ketones (excluding diaryl/α,β-unsaturated/α-hetero) is 1. The van der Waals surface area contributed by atoms with Crippen LogP contribution in [0.1, 0.15) is 50.9 Å². The van der Waals surface area contributed by atoms with E-state index in [1.165, 1.54) is 21.3 Å². The van der Waals surface area contributed by atoms with Crippen LogP contribution in [0.3, 0.4) is 0 Å². The Morgan fingerprint density at radius 1 is 1.00 bits per heavy atom. The lowest BCUT2D eigenvalue weighted by atomic mass is 9.80. The largest absolute Gasteiger partial charge is 0.496 e. The van der Waals surface area contributed by atoms with Crippen molar-refractivity contribution in [3.63, 3.8) is 0 Å². The Bertz CT molecular complexity index is 641. The van der Waals surface area contributed by atoms with E-state index in [0.717, 1.165) is 6.42 Å². The molecular weight excluding hydrogens is 376 g/mol. The van der Waals surface area contributed by atoms with Gasteiger partial charge in [-0.1, -0.05) is 33.8 Å². The fourth-order valence-corrected chi connectivity index (χ4v) is 3.38. The molecule has 0 saturated heterocycles. The van der Waals surface area contributed by atoms with Gasteiger partial charge in [0.15, 0.2) is 5.78 Å². The lowest BCUT2D eigenvalue weighted by molar-refractivity contribution is -0.278. The fraction of sp³-hybridized carbons (Fsp3) is 0.636. The predicted molar refractivity (Wildman–Crippen MR) is 109 cm³/mol. The van der Waals surface area contributed by atoms with Crippen molar-refractivity contribution in [2.24, 2.45) is 17.3 Å². The van der Waals surface area contributed by atoms with Gasteiger partial charge >= 0.3 is 5.97 Å². The highest BCUT2D eigenvalue weighted by atomic mass is 17.2. The molecule has 1 aromatic rings. The summed E-state index contributed by atoms with van der Waals surface area (Å²) in [6.07, 6.45) is 1.17. The normalized spacial score (nSPS) is 13.5. The number of carbonyl (C=O) groups excluding carboxylic acids is 2. The average molecular weight is 411 g/mol. The van der Waals surface area contributed by atoms with Crippen molar-refractivity contribution in [3.8, 4) is 11.5 Å². The van der Waals surface area contributed by atoms with Crippen LogP contribution in [-0.4, -0.2) is 46.3 Å². The van der Waals surface area contributed by atoms with E-state index in [4.69, 9.17) is 24.0 Å². The molecule has 0 amide bonds. The molecule has 0 aliphatic rings. The van der Waals surface area contributed by atoms with Crippen molar-refractivity contribution in [2.75, 3.05) is 34.5 Å². The summed E-state index contributed by atoms with van der Waals surface area (Å²) in [7, 11) is 4.45. The fourth-order valence-electron chi connectivity index (χ4n) is 3.38. The standard InChI is InChI=1S/C22H34O7/c1-15(14-22(2,3)4)13-16(21(24)29-28-12-11-25-5)20(23)19-17(26-6)9-8-10-18(19)27-7/h8-10,15-16H,11-14H2,1-7H3. The van der Waals surface area contributed by atoms with E-state index in [1.807, 2.05) is 6.92 Å². The van der Waals surface area contributed by atoms with Gasteiger partial charge in [-0.25, -0.2) is 4.79 Å². The highest BCUT2D eigenvalue weighted by molar-refractivity contribution is 6.11. The van der Waals surface area contributed by atoms with Crippen LogP contribution in [0.5, 0.6) is 11.5 Å². The second-order valence-corrected chi connectivity index (χ2v) is 8.28. The summed E-state index contributed by atoms with van der Waals surface area (Å²) in [5.74, 6) is -1.40. The van der Waals surface area contributed by atoms with Crippen molar-refractivity contribution in [3.05, 3.63) is 23.8 Å². The van der Waals surface area contributed by atoms with Crippen LogP contribution in [0.2, 0.25) is 0 Å². The van der Waals surface area contributed by atoms with Crippen LogP contribution in [0.25, 0.3) is 0 Å². The molecule has 164 valence electrons. The van der Waals surface area contributed by atoms with Gasteiger partial charge in [0.25, 0.3) is 0 Å². The third-order valence-electron chi connectivity index (χ3n) is 4.39. The van der Waals surface area contributed by atoms with Crippen LogP contribution in [0, 0.1) is 17.3 Å². The number of hydrogen-bond acceptors (Lipinski definition) is 7. The van der Waals surface area contributed by atoms with Gasteiger partial charge in [0.1, 0.15) is 29.6 Å². The van der Waals surface area contributed by atoms with E-state index in [1.54, 1.807) is 18.2 Å². The molecule has 0 fully saturated rings. The first-order chi connectivity index (χ1) is 13.6. The summed E-state index contributed by atoms with van der Waals surface area (Å²) in [5, 5.41) is 0. The van der Waals surface area contributed by atoms with Gasteiger partial charge in [-0.3, -0.25) is 9.68 Å². The van der Waals surface area contributed by atoms with Gasteiger partial charge in [-0.2, -0.15) is 4.89 Å². The van der Waals surface area contributed by atoms with E-state index in [-0.39, 0.29) is 30.1 Å². The lowest BCUT2D eigenvalue weighted by Gasteiger charge is -2.25. The van der Waals surface area contributed by atoms with Gasteiger partial charge in [0.05, 0.1) is 20.8 Å². The van der Waals surface area contributed by atoms with Crippen LogP contribution >= 0.6 is 0 Å².